The second-order valence-electron chi connectivity index (χ2n) is 6.67. The number of amides is 1. The van der Waals surface area contributed by atoms with Crippen molar-refractivity contribution in [2.24, 2.45) is 0 Å². The van der Waals surface area contributed by atoms with Crippen molar-refractivity contribution in [2.75, 3.05) is 26.2 Å². The molecule has 1 aromatic rings. The van der Waals surface area contributed by atoms with Gasteiger partial charge in [0.1, 0.15) is 0 Å². The number of benzene rings is 1. The van der Waals surface area contributed by atoms with Crippen molar-refractivity contribution < 1.29 is 4.79 Å². The van der Waals surface area contributed by atoms with Gasteiger partial charge in [0.15, 0.2) is 0 Å². The summed E-state index contributed by atoms with van der Waals surface area (Å²) in [6, 6.07) is 8.21. The van der Waals surface area contributed by atoms with Crippen molar-refractivity contribution in [1.29, 1.82) is 0 Å². The summed E-state index contributed by atoms with van der Waals surface area (Å²) < 4.78 is 0. The van der Waals surface area contributed by atoms with E-state index in [-0.39, 0.29) is 11.9 Å². The fraction of sp³-hybridized carbons (Fsp3) is 0.611. The number of fused-ring (bicyclic) bond motifs is 1. The van der Waals surface area contributed by atoms with Crippen LogP contribution in [0.15, 0.2) is 24.3 Å². The average molecular weight is 336 g/mol. The SMILES string of the molecule is C[C@@H](C(=O)NCc1ccccc1Cl)N1CCN2CCCC[C@@H]2C1. The fourth-order valence-electron chi connectivity index (χ4n) is 3.67. The van der Waals surface area contributed by atoms with Crippen molar-refractivity contribution in [2.45, 2.75) is 44.8 Å². The molecule has 3 rings (SSSR count). The molecule has 2 heterocycles. The summed E-state index contributed by atoms with van der Waals surface area (Å²) in [5.41, 5.74) is 0.965. The van der Waals surface area contributed by atoms with Crippen molar-refractivity contribution in [1.82, 2.24) is 15.1 Å². The molecule has 0 saturated carbocycles. The summed E-state index contributed by atoms with van der Waals surface area (Å²) in [4.78, 5) is 17.4. The highest BCUT2D eigenvalue weighted by Crippen LogP contribution is 2.22. The second-order valence-corrected chi connectivity index (χ2v) is 7.07. The topological polar surface area (TPSA) is 35.6 Å². The van der Waals surface area contributed by atoms with E-state index in [2.05, 4.69) is 15.1 Å². The Labute approximate surface area is 143 Å². The van der Waals surface area contributed by atoms with Gasteiger partial charge < -0.3 is 5.32 Å². The maximum atomic E-state index is 12.5. The Morgan fingerprint density at radius 1 is 1.30 bits per heavy atom. The number of nitrogens with zero attached hydrogens (tertiary/aromatic N) is 2. The molecule has 4 nitrogen and oxygen atoms in total. The largest absolute Gasteiger partial charge is 0.351 e. The minimum atomic E-state index is -0.0819. The van der Waals surface area contributed by atoms with Crippen LogP contribution in [-0.2, 0) is 11.3 Å². The molecule has 0 aromatic heterocycles. The second kappa shape index (κ2) is 7.65. The molecule has 0 radical (unpaired) electrons. The van der Waals surface area contributed by atoms with Gasteiger partial charge in [-0.1, -0.05) is 36.2 Å². The lowest BCUT2D eigenvalue weighted by atomic mass is 9.98. The predicted molar refractivity (Wildman–Crippen MR) is 93.5 cm³/mol. The molecule has 0 unspecified atom stereocenters. The minimum absolute atomic E-state index is 0.0819. The number of piperidine rings is 1. The Balaban J connectivity index is 1.52. The zero-order valence-corrected chi connectivity index (χ0v) is 14.6. The van der Waals surface area contributed by atoms with Crippen molar-refractivity contribution in [3.05, 3.63) is 34.9 Å². The number of carbonyl (C=O) groups is 1. The molecule has 1 amide bonds. The molecule has 0 bridgehead atoms. The summed E-state index contributed by atoms with van der Waals surface area (Å²) in [7, 11) is 0. The highest BCUT2D eigenvalue weighted by molar-refractivity contribution is 6.31. The standard InChI is InChI=1S/C18H26ClN3O/c1-14(18(23)20-12-15-6-2-3-8-17(15)19)22-11-10-21-9-5-4-7-16(21)13-22/h2-3,6,8,14,16H,4-5,7,9-13H2,1H3,(H,20,23)/t14-,16+/m0/s1. The van der Waals surface area contributed by atoms with Gasteiger partial charge >= 0.3 is 0 Å². The predicted octanol–water partition coefficient (Wildman–Crippen LogP) is 2.51. The maximum Gasteiger partial charge on any atom is 0.237 e. The van der Waals surface area contributed by atoms with Crippen molar-refractivity contribution in [3.63, 3.8) is 0 Å². The van der Waals surface area contributed by atoms with Crippen LogP contribution >= 0.6 is 11.6 Å². The zero-order chi connectivity index (χ0) is 16.2. The van der Waals surface area contributed by atoms with Gasteiger partial charge in [-0.25, -0.2) is 0 Å². The fourth-order valence-corrected chi connectivity index (χ4v) is 3.87. The van der Waals surface area contributed by atoms with Gasteiger partial charge in [0.2, 0.25) is 5.91 Å². The Morgan fingerprint density at radius 3 is 2.96 bits per heavy atom. The van der Waals surface area contributed by atoms with Crippen LogP contribution in [-0.4, -0.2) is 54.0 Å². The molecular formula is C18H26ClN3O. The van der Waals surface area contributed by atoms with Gasteiger partial charge in [-0.15, -0.1) is 0 Å². The lowest BCUT2D eigenvalue weighted by Crippen LogP contribution is -2.59. The number of rotatable bonds is 4. The number of carbonyl (C=O) groups excluding carboxylic acids is 1. The Morgan fingerprint density at radius 2 is 2.13 bits per heavy atom. The first-order valence-corrected chi connectivity index (χ1v) is 9.02. The zero-order valence-electron chi connectivity index (χ0n) is 13.8. The molecule has 0 aliphatic carbocycles. The van der Waals surface area contributed by atoms with Crippen LogP contribution in [0.3, 0.4) is 0 Å². The van der Waals surface area contributed by atoms with E-state index in [1.54, 1.807) is 0 Å². The van der Waals surface area contributed by atoms with Crippen LogP contribution in [0, 0.1) is 0 Å². The molecule has 23 heavy (non-hydrogen) atoms. The van der Waals surface area contributed by atoms with Gasteiger partial charge in [0.05, 0.1) is 6.04 Å². The molecule has 2 fully saturated rings. The maximum absolute atomic E-state index is 12.5. The molecule has 2 aliphatic heterocycles. The van der Waals surface area contributed by atoms with E-state index in [1.807, 2.05) is 31.2 Å². The van der Waals surface area contributed by atoms with E-state index >= 15 is 0 Å². The average Bonchev–Trinajstić information content (AvgIpc) is 2.59. The molecule has 0 spiro atoms. The first-order valence-electron chi connectivity index (χ1n) is 8.64. The van der Waals surface area contributed by atoms with Gasteiger partial charge in [-0.05, 0) is 37.9 Å². The summed E-state index contributed by atoms with van der Waals surface area (Å²) in [5, 5.41) is 3.74. The molecule has 1 N–H and O–H groups in total. The quantitative estimate of drug-likeness (QED) is 0.918. The summed E-state index contributed by atoms with van der Waals surface area (Å²) >= 11 is 6.15. The van der Waals surface area contributed by atoms with Crippen molar-refractivity contribution >= 4 is 17.5 Å². The Bertz CT molecular complexity index is 551. The van der Waals surface area contributed by atoms with E-state index in [1.165, 1.54) is 25.8 Å². The number of halogens is 1. The van der Waals surface area contributed by atoms with E-state index in [0.717, 1.165) is 25.2 Å². The molecule has 5 heteroatoms. The first-order chi connectivity index (χ1) is 11.1. The third-order valence-electron chi connectivity index (χ3n) is 5.21. The molecule has 1 aromatic carbocycles. The van der Waals surface area contributed by atoms with E-state index < -0.39 is 0 Å². The lowest BCUT2D eigenvalue weighted by molar-refractivity contribution is -0.127. The molecular weight excluding hydrogens is 310 g/mol. The highest BCUT2D eigenvalue weighted by Gasteiger charge is 2.32. The van der Waals surface area contributed by atoms with E-state index in [9.17, 15) is 4.79 Å². The van der Waals surface area contributed by atoms with Gasteiger partial charge in [0, 0.05) is 37.2 Å². The number of nitrogens with one attached hydrogen (secondary N) is 1. The number of piperazine rings is 1. The smallest absolute Gasteiger partial charge is 0.237 e. The minimum Gasteiger partial charge on any atom is -0.351 e. The molecule has 2 atom stereocenters. The van der Waals surface area contributed by atoms with E-state index in [4.69, 9.17) is 11.6 Å². The number of hydrogen-bond acceptors (Lipinski definition) is 3. The lowest BCUT2D eigenvalue weighted by Gasteiger charge is -2.45. The van der Waals surface area contributed by atoms with Gasteiger partial charge in [-0.3, -0.25) is 14.6 Å². The van der Waals surface area contributed by atoms with Crippen LogP contribution in [0.5, 0.6) is 0 Å². The van der Waals surface area contributed by atoms with Crippen LogP contribution in [0.1, 0.15) is 31.7 Å². The third kappa shape index (κ3) is 4.06. The molecule has 126 valence electrons. The molecule has 2 saturated heterocycles. The monoisotopic (exact) mass is 335 g/mol. The van der Waals surface area contributed by atoms with Crippen LogP contribution in [0.2, 0.25) is 5.02 Å². The normalized spacial score (nSPS) is 24.0. The first kappa shape index (κ1) is 16.7. The number of hydrogen-bond donors (Lipinski definition) is 1. The Hall–Kier alpha value is -1.10. The summed E-state index contributed by atoms with van der Waals surface area (Å²) in [5.74, 6) is 0.0918. The summed E-state index contributed by atoms with van der Waals surface area (Å²) in [6.07, 6.45) is 3.91. The Kier molecular flexibility index (Phi) is 5.57. The van der Waals surface area contributed by atoms with E-state index in [0.29, 0.717) is 17.6 Å². The van der Waals surface area contributed by atoms with Crippen LogP contribution in [0.4, 0.5) is 0 Å². The highest BCUT2D eigenvalue weighted by atomic mass is 35.5. The molecule has 2 aliphatic rings. The summed E-state index contributed by atoms with van der Waals surface area (Å²) in [6.45, 7) is 6.82. The van der Waals surface area contributed by atoms with Crippen molar-refractivity contribution in [3.8, 4) is 0 Å². The third-order valence-corrected chi connectivity index (χ3v) is 5.58. The van der Waals surface area contributed by atoms with Gasteiger partial charge in [-0.2, -0.15) is 0 Å². The van der Waals surface area contributed by atoms with Crippen LogP contribution < -0.4 is 5.32 Å². The van der Waals surface area contributed by atoms with Crippen LogP contribution in [0.25, 0.3) is 0 Å². The van der Waals surface area contributed by atoms with Gasteiger partial charge in [0.25, 0.3) is 0 Å².